The molecule has 8 nitrogen and oxygen atoms in total. The fourth-order valence-corrected chi connectivity index (χ4v) is 2.30. The van der Waals surface area contributed by atoms with Gasteiger partial charge in [-0.1, -0.05) is 11.8 Å². The molecule has 0 saturated heterocycles. The van der Waals surface area contributed by atoms with Crippen LogP contribution in [0.5, 0.6) is 5.75 Å². The predicted octanol–water partition coefficient (Wildman–Crippen LogP) is 0.920. The molecule has 2 rings (SSSR count). The minimum atomic E-state index is -0.365. The lowest BCUT2D eigenvalue weighted by atomic mass is 10.2. The zero-order valence-electron chi connectivity index (χ0n) is 11.9. The molecule has 2 aromatic rings. The Morgan fingerprint density at radius 2 is 2.29 bits per heavy atom. The molecule has 1 aromatic heterocycles. The Balaban J connectivity index is 2.02. The van der Waals surface area contributed by atoms with E-state index in [-0.39, 0.29) is 11.2 Å². The molecule has 1 aromatic carbocycles. The van der Waals surface area contributed by atoms with Crippen molar-refractivity contribution >= 4 is 29.0 Å². The van der Waals surface area contributed by atoms with Gasteiger partial charge in [-0.25, -0.2) is 4.68 Å². The molecule has 0 aliphatic heterocycles. The lowest BCUT2D eigenvalue weighted by Gasteiger charge is -2.13. The van der Waals surface area contributed by atoms with Crippen molar-refractivity contribution in [1.82, 2.24) is 20.2 Å². The second kappa shape index (κ2) is 6.44. The molecule has 0 bridgehead atoms. The number of nitrogens with one attached hydrogen (secondary N) is 1. The first kappa shape index (κ1) is 15.1. The van der Waals surface area contributed by atoms with Crippen LogP contribution in [0.15, 0.2) is 23.4 Å². The Hall–Kier alpha value is -2.29. The third-order valence-corrected chi connectivity index (χ3v) is 3.87. The van der Waals surface area contributed by atoms with E-state index >= 15 is 0 Å². The van der Waals surface area contributed by atoms with E-state index in [1.165, 1.54) is 16.4 Å². The summed E-state index contributed by atoms with van der Waals surface area (Å²) in [5, 5.41) is 14.1. The number of anilines is 2. The van der Waals surface area contributed by atoms with E-state index in [1.807, 2.05) is 0 Å². The molecule has 0 saturated carbocycles. The standard InChI is InChI=1S/C12H16N6O2S/c1-7(21-12-15-16-17-18(12)2)11(19)14-10-5-4-8(20-3)6-9(10)13/h4-7H,13H2,1-3H3,(H,14,19). The zero-order chi connectivity index (χ0) is 15.4. The van der Waals surface area contributed by atoms with Gasteiger partial charge in [-0.2, -0.15) is 0 Å². The van der Waals surface area contributed by atoms with Crippen molar-refractivity contribution < 1.29 is 9.53 Å². The largest absolute Gasteiger partial charge is 0.497 e. The summed E-state index contributed by atoms with van der Waals surface area (Å²) in [6.07, 6.45) is 0. The number of aryl methyl sites for hydroxylation is 1. The minimum absolute atomic E-state index is 0.181. The number of aromatic nitrogens is 4. The highest BCUT2D eigenvalue weighted by Crippen LogP contribution is 2.26. The van der Waals surface area contributed by atoms with Crippen molar-refractivity contribution in [2.75, 3.05) is 18.2 Å². The van der Waals surface area contributed by atoms with Crippen molar-refractivity contribution in [3.63, 3.8) is 0 Å². The maximum Gasteiger partial charge on any atom is 0.237 e. The summed E-state index contributed by atoms with van der Waals surface area (Å²) in [6.45, 7) is 1.77. The molecule has 3 N–H and O–H groups in total. The zero-order valence-corrected chi connectivity index (χ0v) is 12.7. The van der Waals surface area contributed by atoms with Gasteiger partial charge in [0.2, 0.25) is 11.1 Å². The number of thioether (sulfide) groups is 1. The van der Waals surface area contributed by atoms with Crippen LogP contribution in [-0.2, 0) is 11.8 Å². The molecule has 0 fully saturated rings. The molecule has 1 atom stereocenters. The van der Waals surface area contributed by atoms with Crippen molar-refractivity contribution in [2.24, 2.45) is 7.05 Å². The Kier molecular flexibility index (Phi) is 4.63. The van der Waals surface area contributed by atoms with Crippen LogP contribution >= 0.6 is 11.8 Å². The van der Waals surface area contributed by atoms with Crippen LogP contribution in [0.25, 0.3) is 0 Å². The Bertz CT molecular complexity index is 644. The van der Waals surface area contributed by atoms with E-state index in [0.717, 1.165) is 0 Å². The molecule has 1 unspecified atom stereocenters. The van der Waals surface area contributed by atoms with Crippen molar-refractivity contribution in [2.45, 2.75) is 17.3 Å². The summed E-state index contributed by atoms with van der Waals surface area (Å²) < 4.78 is 6.57. The average Bonchev–Trinajstić information content (AvgIpc) is 2.86. The van der Waals surface area contributed by atoms with Crippen LogP contribution in [0.4, 0.5) is 11.4 Å². The molecule has 21 heavy (non-hydrogen) atoms. The van der Waals surface area contributed by atoms with Gasteiger partial charge in [0.15, 0.2) is 0 Å². The number of tetrazole rings is 1. The number of benzene rings is 1. The van der Waals surface area contributed by atoms with Gasteiger partial charge in [0.1, 0.15) is 5.75 Å². The summed E-state index contributed by atoms with van der Waals surface area (Å²) in [6, 6.07) is 5.09. The number of hydrogen-bond donors (Lipinski definition) is 2. The number of ether oxygens (including phenoxy) is 1. The molecule has 0 aliphatic rings. The maximum atomic E-state index is 12.2. The van der Waals surface area contributed by atoms with Crippen molar-refractivity contribution in [3.05, 3.63) is 18.2 Å². The smallest absolute Gasteiger partial charge is 0.237 e. The van der Waals surface area contributed by atoms with Gasteiger partial charge in [-0.3, -0.25) is 4.79 Å². The maximum absolute atomic E-state index is 12.2. The number of rotatable bonds is 5. The van der Waals surface area contributed by atoms with Gasteiger partial charge < -0.3 is 15.8 Å². The molecule has 1 amide bonds. The highest BCUT2D eigenvalue weighted by Gasteiger charge is 2.18. The lowest BCUT2D eigenvalue weighted by Crippen LogP contribution is -2.23. The monoisotopic (exact) mass is 308 g/mol. The van der Waals surface area contributed by atoms with Gasteiger partial charge in [0.05, 0.1) is 23.7 Å². The second-order valence-corrected chi connectivity index (χ2v) is 5.60. The van der Waals surface area contributed by atoms with Gasteiger partial charge in [-0.05, 0) is 29.5 Å². The molecule has 0 radical (unpaired) electrons. The number of methoxy groups -OCH3 is 1. The number of amides is 1. The number of carbonyl (C=O) groups is 1. The summed E-state index contributed by atoms with van der Waals surface area (Å²) in [5.41, 5.74) is 6.86. The summed E-state index contributed by atoms with van der Waals surface area (Å²) in [7, 11) is 3.27. The molecular weight excluding hydrogens is 292 g/mol. The van der Waals surface area contributed by atoms with Crippen molar-refractivity contribution in [1.29, 1.82) is 0 Å². The van der Waals surface area contributed by atoms with Crippen LogP contribution in [0.3, 0.4) is 0 Å². The SMILES string of the molecule is COc1ccc(NC(=O)C(C)Sc2nnnn2C)c(N)c1. The highest BCUT2D eigenvalue weighted by atomic mass is 32.2. The second-order valence-electron chi connectivity index (χ2n) is 4.29. The van der Waals surface area contributed by atoms with E-state index < -0.39 is 0 Å². The van der Waals surface area contributed by atoms with Crippen LogP contribution in [0.1, 0.15) is 6.92 Å². The van der Waals surface area contributed by atoms with E-state index in [9.17, 15) is 4.79 Å². The van der Waals surface area contributed by atoms with Gasteiger partial charge in [0.25, 0.3) is 0 Å². The summed E-state index contributed by atoms with van der Waals surface area (Å²) in [5.74, 6) is 0.456. The van der Waals surface area contributed by atoms with Crippen molar-refractivity contribution in [3.8, 4) is 5.75 Å². The first-order valence-electron chi connectivity index (χ1n) is 6.14. The van der Waals surface area contributed by atoms with E-state index in [0.29, 0.717) is 22.3 Å². The number of carbonyl (C=O) groups excluding carboxylic acids is 1. The highest BCUT2D eigenvalue weighted by molar-refractivity contribution is 8.00. The molecule has 0 spiro atoms. The quantitative estimate of drug-likeness (QED) is 0.624. The van der Waals surface area contributed by atoms with E-state index in [4.69, 9.17) is 10.5 Å². The number of nitrogen functional groups attached to an aromatic ring is 1. The van der Waals surface area contributed by atoms with Crippen LogP contribution in [0, 0.1) is 0 Å². The molecular formula is C12H16N6O2S. The Labute approximate surface area is 126 Å². The Morgan fingerprint density at radius 1 is 1.52 bits per heavy atom. The molecule has 9 heteroatoms. The third-order valence-electron chi connectivity index (χ3n) is 2.75. The first-order chi connectivity index (χ1) is 10.0. The Morgan fingerprint density at radius 3 is 2.86 bits per heavy atom. The predicted molar refractivity (Wildman–Crippen MR) is 80.2 cm³/mol. The number of hydrogen-bond acceptors (Lipinski definition) is 7. The van der Waals surface area contributed by atoms with Crippen LogP contribution in [0.2, 0.25) is 0 Å². The van der Waals surface area contributed by atoms with Crippen LogP contribution < -0.4 is 15.8 Å². The van der Waals surface area contributed by atoms with E-state index in [1.54, 1.807) is 39.3 Å². The minimum Gasteiger partial charge on any atom is -0.497 e. The normalized spacial score (nSPS) is 12.0. The topological polar surface area (TPSA) is 108 Å². The number of nitrogens with zero attached hydrogens (tertiary/aromatic N) is 4. The fourth-order valence-electron chi connectivity index (χ4n) is 1.55. The molecule has 112 valence electrons. The summed E-state index contributed by atoms with van der Waals surface area (Å²) in [4.78, 5) is 12.2. The lowest BCUT2D eigenvalue weighted by molar-refractivity contribution is -0.115. The molecule has 1 heterocycles. The summed E-state index contributed by atoms with van der Waals surface area (Å²) >= 11 is 1.27. The van der Waals surface area contributed by atoms with Gasteiger partial charge in [-0.15, -0.1) is 5.10 Å². The van der Waals surface area contributed by atoms with Gasteiger partial charge in [0, 0.05) is 13.1 Å². The molecule has 0 aliphatic carbocycles. The fraction of sp³-hybridized carbons (Fsp3) is 0.333. The first-order valence-corrected chi connectivity index (χ1v) is 7.02. The third kappa shape index (κ3) is 3.63. The average molecular weight is 308 g/mol. The van der Waals surface area contributed by atoms with E-state index in [2.05, 4.69) is 20.8 Å². The van der Waals surface area contributed by atoms with Crippen LogP contribution in [-0.4, -0.2) is 38.5 Å². The number of nitrogens with two attached hydrogens (primary N) is 1. The van der Waals surface area contributed by atoms with Gasteiger partial charge >= 0.3 is 0 Å².